The second-order valence-corrected chi connectivity index (χ2v) is 8.27. The Labute approximate surface area is 141 Å². The van der Waals surface area contributed by atoms with E-state index in [1.165, 1.54) is 57.1 Å². The molecule has 0 aromatic rings. The fourth-order valence-corrected chi connectivity index (χ4v) is 5.43. The van der Waals surface area contributed by atoms with Crippen molar-refractivity contribution in [2.45, 2.75) is 76.9 Å². The van der Waals surface area contributed by atoms with Crippen LogP contribution in [0, 0.1) is 17.8 Å². The summed E-state index contributed by atoms with van der Waals surface area (Å²) in [5, 5.41) is 9.28. The summed E-state index contributed by atoms with van der Waals surface area (Å²) in [5.74, 6) is 4.91. The molecule has 0 bridgehead atoms. The molecule has 2 aliphatic carbocycles. The lowest BCUT2D eigenvalue weighted by Crippen LogP contribution is -2.41. The average molecular weight is 336 g/mol. The Bertz CT molecular complexity index is 272. The number of hydrogen-bond acceptors (Lipinski definition) is 3. The van der Waals surface area contributed by atoms with Gasteiger partial charge in [-0.05, 0) is 61.9 Å². The Hall–Kier alpha value is 0.560. The SMILES string of the molecule is CC(O)CCSCC1CCC(C2CCCCC2)C(N)C1.Cl. The lowest BCUT2D eigenvalue weighted by atomic mass is 9.69. The van der Waals surface area contributed by atoms with Crippen molar-refractivity contribution in [1.29, 1.82) is 0 Å². The van der Waals surface area contributed by atoms with E-state index in [1.54, 1.807) is 0 Å². The molecule has 4 heteroatoms. The summed E-state index contributed by atoms with van der Waals surface area (Å²) in [6.07, 6.45) is 12.0. The molecular weight excluding hydrogens is 302 g/mol. The quantitative estimate of drug-likeness (QED) is 0.714. The zero-order valence-corrected chi connectivity index (χ0v) is 15.1. The van der Waals surface area contributed by atoms with Crippen LogP contribution in [-0.4, -0.2) is 28.8 Å². The fraction of sp³-hybridized carbons (Fsp3) is 1.00. The monoisotopic (exact) mass is 335 g/mol. The molecule has 0 aliphatic heterocycles. The largest absolute Gasteiger partial charge is 0.393 e. The molecule has 0 aromatic carbocycles. The first-order valence-electron chi connectivity index (χ1n) is 8.68. The number of aliphatic hydroxyl groups is 1. The summed E-state index contributed by atoms with van der Waals surface area (Å²) in [6, 6.07) is 0.453. The van der Waals surface area contributed by atoms with E-state index >= 15 is 0 Å². The molecule has 2 nitrogen and oxygen atoms in total. The number of thioether (sulfide) groups is 1. The highest BCUT2D eigenvalue weighted by Crippen LogP contribution is 2.40. The first-order valence-corrected chi connectivity index (χ1v) is 9.83. The van der Waals surface area contributed by atoms with Gasteiger partial charge in [0.1, 0.15) is 0 Å². The van der Waals surface area contributed by atoms with Crippen molar-refractivity contribution < 1.29 is 5.11 Å². The third kappa shape index (κ3) is 6.68. The molecule has 2 rings (SSSR count). The maximum atomic E-state index is 9.28. The molecule has 0 heterocycles. The Morgan fingerprint density at radius 2 is 1.86 bits per heavy atom. The molecule has 4 atom stereocenters. The van der Waals surface area contributed by atoms with Crippen LogP contribution in [0.2, 0.25) is 0 Å². The Balaban J connectivity index is 0.00000220. The first kappa shape index (κ1) is 19.6. The summed E-state index contributed by atoms with van der Waals surface area (Å²) in [5.41, 5.74) is 6.50. The second kappa shape index (κ2) is 10.4. The maximum Gasteiger partial charge on any atom is 0.0520 e. The van der Waals surface area contributed by atoms with Crippen molar-refractivity contribution in [1.82, 2.24) is 0 Å². The number of nitrogens with two attached hydrogens (primary N) is 1. The van der Waals surface area contributed by atoms with Crippen LogP contribution in [0.4, 0.5) is 0 Å². The molecule has 0 saturated heterocycles. The zero-order chi connectivity index (χ0) is 14.4. The highest BCUT2D eigenvalue weighted by Gasteiger charge is 2.33. The lowest BCUT2D eigenvalue weighted by Gasteiger charge is -2.40. The van der Waals surface area contributed by atoms with Crippen LogP contribution in [0.15, 0.2) is 0 Å². The Morgan fingerprint density at radius 1 is 1.14 bits per heavy atom. The number of hydrogen-bond donors (Lipinski definition) is 2. The average Bonchev–Trinajstić information content (AvgIpc) is 2.44. The van der Waals surface area contributed by atoms with Gasteiger partial charge in [0.2, 0.25) is 0 Å². The molecule has 0 spiro atoms. The third-order valence-electron chi connectivity index (χ3n) is 5.35. The van der Waals surface area contributed by atoms with Crippen LogP contribution >= 0.6 is 24.2 Å². The summed E-state index contributed by atoms with van der Waals surface area (Å²) in [4.78, 5) is 0. The van der Waals surface area contributed by atoms with Gasteiger partial charge in [0.05, 0.1) is 6.10 Å². The standard InChI is InChI=1S/C17H33NOS.ClH/c1-13(19)9-10-20-12-14-7-8-16(17(18)11-14)15-5-3-2-4-6-15;/h13-17,19H,2-12,18H2,1H3;1H. The summed E-state index contributed by atoms with van der Waals surface area (Å²) < 4.78 is 0. The summed E-state index contributed by atoms with van der Waals surface area (Å²) in [6.45, 7) is 1.88. The summed E-state index contributed by atoms with van der Waals surface area (Å²) >= 11 is 2.01. The molecule has 4 unspecified atom stereocenters. The fourth-order valence-electron chi connectivity index (χ4n) is 4.12. The van der Waals surface area contributed by atoms with Crippen LogP contribution < -0.4 is 5.73 Å². The molecule has 21 heavy (non-hydrogen) atoms. The Morgan fingerprint density at radius 3 is 2.48 bits per heavy atom. The van der Waals surface area contributed by atoms with E-state index in [-0.39, 0.29) is 18.5 Å². The van der Waals surface area contributed by atoms with Gasteiger partial charge in [0.15, 0.2) is 0 Å². The molecule has 0 amide bonds. The molecule has 2 aliphatic rings. The van der Waals surface area contributed by atoms with E-state index in [9.17, 15) is 5.11 Å². The van der Waals surface area contributed by atoms with Gasteiger partial charge in [0, 0.05) is 6.04 Å². The van der Waals surface area contributed by atoms with Crippen molar-refractivity contribution >= 4 is 24.2 Å². The molecule has 2 saturated carbocycles. The minimum atomic E-state index is -0.146. The molecule has 2 fully saturated rings. The van der Waals surface area contributed by atoms with Gasteiger partial charge in [-0.3, -0.25) is 0 Å². The summed E-state index contributed by atoms with van der Waals surface area (Å²) in [7, 11) is 0. The van der Waals surface area contributed by atoms with Crippen LogP contribution in [0.3, 0.4) is 0 Å². The minimum absolute atomic E-state index is 0. The zero-order valence-electron chi connectivity index (χ0n) is 13.5. The molecule has 3 N–H and O–H groups in total. The van der Waals surface area contributed by atoms with Crippen molar-refractivity contribution in [2.75, 3.05) is 11.5 Å². The van der Waals surface area contributed by atoms with E-state index in [4.69, 9.17) is 5.73 Å². The van der Waals surface area contributed by atoms with E-state index in [0.717, 1.165) is 29.9 Å². The van der Waals surface area contributed by atoms with Crippen molar-refractivity contribution in [3.8, 4) is 0 Å². The Kier molecular flexibility index (Phi) is 9.67. The second-order valence-electron chi connectivity index (χ2n) is 7.12. The first-order chi connectivity index (χ1) is 9.66. The van der Waals surface area contributed by atoms with E-state index < -0.39 is 0 Å². The van der Waals surface area contributed by atoms with Gasteiger partial charge in [-0.1, -0.05) is 32.1 Å². The minimum Gasteiger partial charge on any atom is -0.393 e. The number of rotatable bonds is 6. The molecule has 0 radical (unpaired) electrons. The number of halogens is 1. The van der Waals surface area contributed by atoms with Crippen LogP contribution in [0.1, 0.15) is 64.7 Å². The van der Waals surface area contributed by atoms with Crippen molar-refractivity contribution in [3.63, 3.8) is 0 Å². The highest BCUT2D eigenvalue weighted by atomic mass is 35.5. The predicted molar refractivity (Wildman–Crippen MR) is 96.3 cm³/mol. The van der Waals surface area contributed by atoms with Crippen molar-refractivity contribution in [3.05, 3.63) is 0 Å². The van der Waals surface area contributed by atoms with Crippen LogP contribution in [-0.2, 0) is 0 Å². The number of aliphatic hydroxyl groups excluding tert-OH is 1. The van der Waals surface area contributed by atoms with Gasteiger partial charge in [-0.25, -0.2) is 0 Å². The van der Waals surface area contributed by atoms with E-state index in [1.807, 2.05) is 18.7 Å². The smallest absolute Gasteiger partial charge is 0.0520 e. The molecule has 126 valence electrons. The lowest BCUT2D eigenvalue weighted by molar-refractivity contribution is 0.149. The molecule has 0 aromatic heterocycles. The predicted octanol–water partition coefficient (Wildman–Crippen LogP) is 4.24. The van der Waals surface area contributed by atoms with Gasteiger partial charge < -0.3 is 10.8 Å². The van der Waals surface area contributed by atoms with Crippen LogP contribution in [0.25, 0.3) is 0 Å². The normalized spacial score (nSPS) is 32.4. The van der Waals surface area contributed by atoms with Crippen molar-refractivity contribution in [2.24, 2.45) is 23.5 Å². The van der Waals surface area contributed by atoms with Crippen LogP contribution in [0.5, 0.6) is 0 Å². The van der Waals surface area contributed by atoms with Gasteiger partial charge >= 0.3 is 0 Å². The highest BCUT2D eigenvalue weighted by molar-refractivity contribution is 7.99. The van der Waals surface area contributed by atoms with Gasteiger partial charge in [-0.15, -0.1) is 12.4 Å². The van der Waals surface area contributed by atoms with Gasteiger partial charge in [-0.2, -0.15) is 11.8 Å². The van der Waals surface area contributed by atoms with Gasteiger partial charge in [0.25, 0.3) is 0 Å². The van der Waals surface area contributed by atoms with E-state index in [0.29, 0.717) is 6.04 Å². The topological polar surface area (TPSA) is 46.2 Å². The molecular formula is C17H34ClNOS. The maximum absolute atomic E-state index is 9.28. The third-order valence-corrected chi connectivity index (χ3v) is 6.58. The van der Waals surface area contributed by atoms with E-state index in [2.05, 4.69) is 0 Å².